The van der Waals surface area contributed by atoms with Gasteiger partial charge in [0.05, 0.1) is 17.8 Å². The van der Waals surface area contributed by atoms with Crippen LogP contribution in [0.25, 0.3) is 11.0 Å². The highest BCUT2D eigenvalue weighted by atomic mass is 35.5. The van der Waals surface area contributed by atoms with Gasteiger partial charge in [-0.05, 0) is 6.42 Å². The lowest BCUT2D eigenvalue weighted by atomic mass is 10.0. The molecule has 10 nitrogen and oxygen atoms in total. The third-order valence-electron chi connectivity index (χ3n) is 3.89. The lowest BCUT2D eigenvalue weighted by molar-refractivity contribution is -0.154. The van der Waals surface area contributed by atoms with Gasteiger partial charge in [-0.2, -0.15) is 10.1 Å². The summed E-state index contributed by atoms with van der Waals surface area (Å²) in [6, 6.07) is 0. The molecule has 0 aliphatic rings. The van der Waals surface area contributed by atoms with Gasteiger partial charge in [0, 0.05) is 13.2 Å². The standard InChI is InChI=1S/C15H22ClN7O3/c1-3-4-5-6-10(8-23(26)9-24)14(25)19-20-15-17-7-11-12(16)21-22(2)13(11)18-15/h7,9-10,26H,3-6,8H2,1-2H3,(H,19,25)(H,17,18,20)/t10-/m1/s1. The molecule has 0 radical (unpaired) electrons. The second-order valence-electron chi connectivity index (χ2n) is 5.88. The van der Waals surface area contributed by atoms with Crippen LogP contribution in [0.5, 0.6) is 0 Å². The first-order chi connectivity index (χ1) is 12.5. The van der Waals surface area contributed by atoms with E-state index in [-0.39, 0.29) is 24.8 Å². The van der Waals surface area contributed by atoms with Crippen LogP contribution >= 0.6 is 11.6 Å². The van der Waals surface area contributed by atoms with E-state index in [1.54, 1.807) is 7.05 Å². The number of halogens is 1. The Bertz CT molecular complexity index is 767. The second kappa shape index (κ2) is 9.30. The molecule has 1 atom stereocenters. The third-order valence-corrected chi connectivity index (χ3v) is 4.17. The number of hydrazine groups is 1. The Kier molecular flexibility index (Phi) is 7.10. The molecule has 3 N–H and O–H groups in total. The number of carbonyl (C=O) groups excluding carboxylic acids is 2. The van der Waals surface area contributed by atoms with E-state index in [0.29, 0.717) is 27.7 Å². The summed E-state index contributed by atoms with van der Waals surface area (Å²) in [7, 11) is 1.70. The highest BCUT2D eigenvalue weighted by molar-refractivity contribution is 6.34. The summed E-state index contributed by atoms with van der Waals surface area (Å²) in [6.45, 7) is 1.97. The second-order valence-corrected chi connectivity index (χ2v) is 6.24. The van der Waals surface area contributed by atoms with Gasteiger partial charge in [-0.25, -0.2) is 14.7 Å². The van der Waals surface area contributed by atoms with Crippen molar-refractivity contribution in [2.45, 2.75) is 32.6 Å². The Labute approximate surface area is 155 Å². The number of nitrogens with one attached hydrogen (secondary N) is 2. The molecule has 0 saturated heterocycles. The van der Waals surface area contributed by atoms with Crippen molar-refractivity contribution in [2.24, 2.45) is 13.0 Å². The summed E-state index contributed by atoms with van der Waals surface area (Å²) in [4.78, 5) is 31.3. The number of nitrogens with zero attached hydrogens (tertiary/aromatic N) is 5. The van der Waals surface area contributed by atoms with E-state index in [9.17, 15) is 14.8 Å². The van der Waals surface area contributed by atoms with Crippen molar-refractivity contribution in [1.29, 1.82) is 0 Å². The van der Waals surface area contributed by atoms with Crippen molar-refractivity contribution >= 4 is 40.9 Å². The van der Waals surface area contributed by atoms with E-state index in [4.69, 9.17) is 11.6 Å². The summed E-state index contributed by atoms with van der Waals surface area (Å²) in [5.41, 5.74) is 5.67. The highest BCUT2D eigenvalue weighted by Crippen LogP contribution is 2.20. The molecule has 26 heavy (non-hydrogen) atoms. The molecule has 0 aromatic carbocycles. The minimum atomic E-state index is -0.556. The number of rotatable bonds is 10. The smallest absolute Gasteiger partial charge is 0.243 e. The van der Waals surface area contributed by atoms with Crippen molar-refractivity contribution in [3.05, 3.63) is 11.3 Å². The average Bonchev–Trinajstić information content (AvgIpc) is 2.92. The van der Waals surface area contributed by atoms with E-state index >= 15 is 0 Å². The Morgan fingerprint density at radius 2 is 2.27 bits per heavy atom. The van der Waals surface area contributed by atoms with Crippen LogP contribution in [0.3, 0.4) is 0 Å². The molecule has 2 aromatic rings. The Balaban J connectivity index is 2.01. The molecule has 0 unspecified atom stereocenters. The van der Waals surface area contributed by atoms with Gasteiger partial charge >= 0.3 is 0 Å². The van der Waals surface area contributed by atoms with Gasteiger partial charge in [0.25, 0.3) is 0 Å². The molecule has 0 saturated carbocycles. The maximum atomic E-state index is 12.4. The molecule has 0 fully saturated rings. The zero-order chi connectivity index (χ0) is 19.1. The van der Waals surface area contributed by atoms with Crippen LogP contribution in [0.2, 0.25) is 5.15 Å². The average molecular weight is 384 g/mol. The van der Waals surface area contributed by atoms with Crippen molar-refractivity contribution in [3.8, 4) is 0 Å². The molecule has 0 spiro atoms. The lowest BCUT2D eigenvalue weighted by Crippen LogP contribution is -2.40. The molecule has 0 aliphatic heterocycles. The number of amides is 2. The molecule has 0 bridgehead atoms. The number of fused-ring (bicyclic) bond motifs is 1. The van der Waals surface area contributed by atoms with E-state index in [1.807, 2.05) is 0 Å². The molecule has 142 valence electrons. The topological polar surface area (TPSA) is 125 Å². The van der Waals surface area contributed by atoms with E-state index in [2.05, 4.69) is 32.8 Å². The fourth-order valence-electron chi connectivity index (χ4n) is 2.49. The van der Waals surface area contributed by atoms with Crippen LogP contribution in [0, 0.1) is 5.92 Å². The van der Waals surface area contributed by atoms with Gasteiger partial charge in [0.2, 0.25) is 18.3 Å². The van der Waals surface area contributed by atoms with Gasteiger partial charge in [-0.15, -0.1) is 0 Å². The number of aryl methyl sites for hydroxylation is 1. The number of aromatic nitrogens is 4. The largest absolute Gasteiger partial charge is 0.286 e. The number of carbonyl (C=O) groups is 2. The predicted octanol–water partition coefficient (Wildman–Crippen LogP) is 1.50. The van der Waals surface area contributed by atoms with Gasteiger partial charge in [-0.3, -0.25) is 25.6 Å². The van der Waals surface area contributed by atoms with Crippen LogP contribution in [0.1, 0.15) is 32.6 Å². The molecular weight excluding hydrogens is 362 g/mol. The predicted molar refractivity (Wildman–Crippen MR) is 95.3 cm³/mol. The molecule has 2 heterocycles. The molecule has 2 rings (SSSR count). The Morgan fingerprint density at radius 3 is 2.96 bits per heavy atom. The molecular formula is C15H22ClN7O3. The van der Waals surface area contributed by atoms with Crippen LogP contribution in [-0.4, -0.2) is 48.9 Å². The van der Waals surface area contributed by atoms with Gasteiger partial charge in [0.15, 0.2) is 10.8 Å². The molecule has 2 aromatic heterocycles. The van der Waals surface area contributed by atoms with Gasteiger partial charge in [0.1, 0.15) is 0 Å². The monoisotopic (exact) mass is 383 g/mol. The van der Waals surface area contributed by atoms with Crippen molar-refractivity contribution in [2.75, 3.05) is 12.0 Å². The van der Waals surface area contributed by atoms with Crippen LogP contribution in [-0.2, 0) is 16.6 Å². The SMILES string of the molecule is CCCCC[C@H](CN(O)C=O)C(=O)NNc1ncc2c(Cl)nn(C)c2n1. The third kappa shape index (κ3) is 5.02. The number of unbranched alkanes of at least 4 members (excludes halogenated alkanes) is 2. The highest BCUT2D eigenvalue weighted by Gasteiger charge is 2.21. The number of hydrogen-bond acceptors (Lipinski definition) is 7. The molecule has 0 aliphatic carbocycles. The van der Waals surface area contributed by atoms with E-state index < -0.39 is 5.92 Å². The van der Waals surface area contributed by atoms with Gasteiger partial charge < -0.3 is 0 Å². The summed E-state index contributed by atoms with van der Waals surface area (Å²) in [6.07, 6.45) is 5.11. The summed E-state index contributed by atoms with van der Waals surface area (Å²) < 4.78 is 1.51. The number of anilines is 1. The first-order valence-electron chi connectivity index (χ1n) is 8.28. The quantitative estimate of drug-likeness (QED) is 0.245. The number of hydroxylamine groups is 2. The zero-order valence-corrected chi connectivity index (χ0v) is 15.4. The number of hydrogen-bond donors (Lipinski definition) is 3. The van der Waals surface area contributed by atoms with Crippen LogP contribution in [0.15, 0.2) is 6.20 Å². The molecule has 11 heteroatoms. The van der Waals surface area contributed by atoms with Gasteiger partial charge in [-0.1, -0.05) is 37.8 Å². The fourth-order valence-corrected chi connectivity index (χ4v) is 2.74. The van der Waals surface area contributed by atoms with Crippen molar-refractivity contribution in [3.63, 3.8) is 0 Å². The summed E-state index contributed by atoms with van der Waals surface area (Å²) in [5, 5.41) is 14.8. The Morgan fingerprint density at radius 1 is 1.50 bits per heavy atom. The van der Waals surface area contributed by atoms with Crippen LogP contribution in [0.4, 0.5) is 5.95 Å². The summed E-state index contributed by atoms with van der Waals surface area (Å²) in [5.74, 6) is -0.748. The van der Waals surface area contributed by atoms with Crippen molar-refractivity contribution in [1.82, 2.24) is 30.2 Å². The Hall–Kier alpha value is -2.46. The zero-order valence-electron chi connectivity index (χ0n) is 14.6. The maximum absolute atomic E-state index is 12.4. The lowest BCUT2D eigenvalue weighted by Gasteiger charge is -2.19. The van der Waals surface area contributed by atoms with E-state index in [1.165, 1.54) is 10.9 Å². The van der Waals surface area contributed by atoms with Crippen LogP contribution < -0.4 is 10.9 Å². The first kappa shape index (κ1) is 19.9. The minimum Gasteiger partial charge on any atom is -0.286 e. The van der Waals surface area contributed by atoms with Crippen molar-refractivity contribution < 1.29 is 14.8 Å². The first-order valence-corrected chi connectivity index (χ1v) is 8.66. The minimum absolute atomic E-state index is 0.0854. The normalized spacial score (nSPS) is 12.0. The maximum Gasteiger partial charge on any atom is 0.243 e. The summed E-state index contributed by atoms with van der Waals surface area (Å²) >= 11 is 5.96. The van der Waals surface area contributed by atoms with E-state index in [0.717, 1.165) is 19.3 Å². The fraction of sp³-hybridized carbons (Fsp3) is 0.533. The molecule has 2 amide bonds.